The topological polar surface area (TPSA) is 29.3 Å². The number of nitrogens with zero attached hydrogens (tertiary/aromatic N) is 1. The van der Waals surface area contributed by atoms with Crippen LogP contribution in [-0.2, 0) is 6.18 Å². The summed E-state index contributed by atoms with van der Waals surface area (Å²) in [4.78, 5) is 2.22. The number of halogens is 3. The molecule has 0 saturated carbocycles. The fourth-order valence-electron chi connectivity index (χ4n) is 2.69. The smallest absolute Gasteiger partial charge is 0.329 e. The lowest BCUT2D eigenvalue weighted by molar-refractivity contribution is -0.137. The van der Waals surface area contributed by atoms with E-state index in [2.05, 4.69) is 11.8 Å². The van der Waals surface area contributed by atoms with E-state index in [0.717, 1.165) is 31.3 Å². The second-order valence-corrected chi connectivity index (χ2v) is 6.68. The summed E-state index contributed by atoms with van der Waals surface area (Å²) in [5, 5.41) is 0.540. The van der Waals surface area contributed by atoms with E-state index in [1.165, 1.54) is 12.1 Å². The quantitative estimate of drug-likeness (QED) is 0.921. The SMILES string of the molecule is CCC1CN(C(CN)c2cccc(C(F)(F)F)c2)CCS1. The summed E-state index contributed by atoms with van der Waals surface area (Å²) >= 11 is 1.93. The standard InChI is InChI=1S/C15H21F3N2S/c1-2-13-10-20(6-7-21-13)14(9-19)11-4-3-5-12(8-11)15(16,17)18/h3-5,8,13-14H,2,6-7,9-10,19H2,1H3. The van der Waals surface area contributed by atoms with Gasteiger partial charge in [-0.15, -0.1) is 0 Å². The van der Waals surface area contributed by atoms with E-state index in [0.29, 0.717) is 17.4 Å². The van der Waals surface area contributed by atoms with Crippen LogP contribution in [0.1, 0.15) is 30.5 Å². The minimum atomic E-state index is -4.31. The van der Waals surface area contributed by atoms with Crippen molar-refractivity contribution in [1.29, 1.82) is 0 Å². The third-order valence-electron chi connectivity index (χ3n) is 3.89. The molecule has 1 saturated heterocycles. The molecule has 2 rings (SSSR count). The maximum atomic E-state index is 12.8. The number of hydrogen-bond donors (Lipinski definition) is 1. The normalized spacial score (nSPS) is 22.2. The van der Waals surface area contributed by atoms with Gasteiger partial charge in [-0.1, -0.05) is 19.1 Å². The fraction of sp³-hybridized carbons (Fsp3) is 0.600. The lowest BCUT2D eigenvalue weighted by atomic mass is 10.0. The number of alkyl halides is 3. The maximum absolute atomic E-state index is 12.8. The second-order valence-electron chi connectivity index (χ2n) is 5.27. The van der Waals surface area contributed by atoms with Gasteiger partial charge in [-0.25, -0.2) is 0 Å². The summed E-state index contributed by atoms with van der Waals surface area (Å²) in [7, 11) is 0. The average Bonchev–Trinajstić information content (AvgIpc) is 2.48. The molecule has 1 aromatic carbocycles. The molecule has 1 aromatic rings. The van der Waals surface area contributed by atoms with Crippen molar-refractivity contribution in [2.45, 2.75) is 30.8 Å². The maximum Gasteiger partial charge on any atom is 0.416 e. The molecular weight excluding hydrogens is 297 g/mol. The highest BCUT2D eigenvalue weighted by molar-refractivity contribution is 8.00. The Labute approximate surface area is 127 Å². The third kappa shape index (κ3) is 4.14. The monoisotopic (exact) mass is 318 g/mol. The van der Waals surface area contributed by atoms with Gasteiger partial charge in [-0.2, -0.15) is 24.9 Å². The van der Waals surface area contributed by atoms with Gasteiger partial charge in [-0.3, -0.25) is 4.90 Å². The summed E-state index contributed by atoms with van der Waals surface area (Å²) in [6, 6.07) is 5.42. The molecule has 21 heavy (non-hydrogen) atoms. The highest BCUT2D eigenvalue weighted by Gasteiger charge is 2.32. The largest absolute Gasteiger partial charge is 0.416 e. The Bertz CT molecular complexity index is 464. The zero-order valence-electron chi connectivity index (χ0n) is 12.1. The van der Waals surface area contributed by atoms with Gasteiger partial charge in [-0.05, 0) is 24.1 Å². The Morgan fingerprint density at radius 3 is 2.81 bits per heavy atom. The summed E-state index contributed by atoms with van der Waals surface area (Å²) in [6.45, 7) is 4.24. The van der Waals surface area contributed by atoms with E-state index in [4.69, 9.17) is 5.73 Å². The molecule has 0 amide bonds. The fourth-order valence-corrected chi connectivity index (χ4v) is 3.90. The molecule has 1 aliphatic heterocycles. The molecule has 2 nitrogen and oxygen atoms in total. The minimum Gasteiger partial charge on any atom is -0.329 e. The zero-order chi connectivity index (χ0) is 15.5. The van der Waals surface area contributed by atoms with Gasteiger partial charge in [0.2, 0.25) is 0 Å². The van der Waals surface area contributed by atoms with Gasteiger partial charge in [0.1, 0.15) is 0 Å². The molecule has 0 aromatic heterocycles. The van der Waals surface area contributed by atoms with E-state index in [9.17, 15) is 13.2 Å². The Morgan fingerprint density at radius 2 is 2.19 bits per heavy atom. The van der Waals surface area contributed by atoms with Crippen LogP contribution in [0.2, 0.25) is 0 Å². The van der Waals surface area contributed by atoms with Crippen molar-refractivity contribution in [2.75, 3.05) is 25.4 Å². The first-order valence-corrected chi connectivity index (χ1v) is 8.23. The van der Waals surface area contributed by atoms with Crippen molar-refractivity contribution in [3.05, 3.63) is 35.4 Å². The second kappa shape index (κ2) is 7.03. The molecule has 1 aliphatic rings. The number of hydrogen-bond acceptors (Lipinski definition) is 3. The van der Waals surface area contributed by atoms with Gasteiger partial charge in [0.25, 0.3) is 0 Å². The lowest BCUT2D eigenvalue weighted by Crippen LogP contribution is -2.42. The zero-order valence-corrected chi connectivity index (χ0v) is 12.9. The molecule has 2 unspecified atom stereocenters. The van der Waals surface area contributed by atoms with Crippen molar-refractivity contribution in [3.8, 4) is 0 Å². The molecule has 0 bridgehead atoms. The molecule has 0 aliphatic carbocycles. The van der Waals surface area contributed by atoms with Crippen LogP contribution in [0.25, 0.3) is 0 Å². The summed E-state index contributed by atoms with van der Waals surface area (Å²) in [5.41, 5.74) is 5.91. The molecule has 6 heteroatoms. The molecule has 118 valence electrons. The van der Waals surface area contributed by atoms with Crippen molar-refractivity contribution in [2.24, 2.45) is 5.73 Å². The van der Waals surface area contributed by atoms with Crippen LogP contribution >= 0.6 is 11.8 Å². The first-order chi connectivity index (χ1) is 9.95. The van der Waals surface area contributed by atoms with Crippen LogP contribution in [0.15, 0.2) is 24.3 Å². The molecule has 0 radical (unpaired) electrons. The van der Waals surface area contributed by atoms with Gasteiger partial charge in [0.15, 0.2) is 0 Å². The van der Waals surface area contributed by atoms with Crippen LogP contribution in [0.4, 0.5) is 13.2 Å². The van der Waals surface area contributed by atoms with Gasteiger partial charge in [0, 0.05) is 36.7 Å². The molecule has 1 fully saturated rings. The van der Waals surface area contributed by atoms with Crippen LogP contribution in [0, 0.1) is 0 Å². The molecule has 1 heterocycles. The van der Waals surface area contributed by atoms with E-state index in [1.807, 2.05) is 11.8 Å². The van der Waals surface area contributed by atoms with Crippen molar-refractivity contribution in [3.63, 3.8) is 0 Å². The summed E-state index contributed by atoms with van der Waals surface area (Å²) in [5.74, 6) is 1.01. The lowest BCUT2D eigenvalue weighted by Gasteiger charge is -2.37. The molecular formula is C15H21F3N2S. The predicted molar refractivity (Wildman–Crippen MR) is 81.3 cm³/mol. The van der Waals surface area contributed by atoms with Crippen molar-refractivity contribution < 1.29 is 13.2 Å². The van der Waals surface area contributed by atoms with Crippen LogP contribution < -0.4 is 5.73 Å². The van der Waals surface area contributed by atoms with Crippen LogP contribution in [0.3, 0.4) is 0 Å². The number of thioether (sulfide) groups is 1. The highest BCUT2D eigenvalue weighted by atomic mass is 32.2. The Balaban J connectivity index is 2.21. The number of rotatable bonds is 4. The Kier molecular flexibility index (Phi) is 5.57. The minimum absolute atomic E-state index is 0.137. The summed E-state index contributed by atoms with van der Waals surface area (Å²) in [6.07, 6.45) is -3.24. The first-order valence-electron chi connectivity index (χ1n) is 7.18. The summed E-state index contributed by atoms with van der Waals surface area (Å²) < 4.78 is 38.5. The van der Waals surface area contributed by atoms with E-state index < -0.39 is 11.7 Å². The molecule has 0 spiro atoms. The Morgan fingerprint density at radius 1 is 1.43 bits per heavy atom. The van der Waals surface area contributed by atoms with Crippen LogP contribution in [-0.4, -0.2) is 35.5 Å². The average molecular weight is 318 g/mol. The highest BCUT2D eigenvalue weighted by Crippen LogP contribution is 2.33. The van der Waals surface area contributed by atoms with E-state index in [-0.39, 0.29) is 6.04 Å². The predicted octanol–water partition coefficient (Wildman–Crippen LogP) is 3.53. The van der Waals surface area contributed by atoms with Gasteiger partial charge < -0.3 is 5.73 Å². The van der Waals surface area contributed by atoms with E-state index in [1.54, 1.807) is 6.07 Å². The number of nitrogens with two attached hydrogens (primary N) is 1. The number of benzene rings is 1. The van der Waals surface area contributed by atoms with Crippen molar-refractivity contribution >= 4 is 11.8 Å². The van der Waals surface area contributed by atoms with Gasteiger partial charge in [0.05, 0.1) is 5.56 Å². The third-order valence-corrected chi connectivity index (χ3v) is 5.26. The van der Waals surface area contributed by atoms with Gasteiger partial charge >= 0.3 is 6.18 Å². The van der Waals surface area contributed by atoms with Crippen molar-refractivity contribution in [1.82, 2.24) is 4.90 Å². The van der Waals surface area contributed by atoms with E-state index >= 15 is 0 Å². The Hall–Kier alpha value is -0.720. The first kappa shape index (κ1) is 16.6. The molecule has 2 N–H and O–H groups in total. The molecule has 2 atom stereocenters. The van der Waals surface area contributed by atoms with Crippen LogP contribution in [0.5, 0.6) is 0 Å².